The van der Waals surface area contributed by atoms with Crippen LogP contribution in [0.25, 0.3) is 16.6 Å². The number of anilines is 1. The highest BCUT2D eigenvalue weighted by molar-refractivity contribution is 6.30. The van der Waals surface area contributed by atoms with Gasteiger partial charge < -0.3 is 29.2 Å². The lowest BCUT2D eigenvalue weighted by Gasteiger charge is -2.32. The smallest absolute Gasteiger partial charge is 0.422 e. The normalized spacial score (nSPS) is 15.9. The van der Waals surface area contributed by atoms with Crippen molar-refractivity contribution >= 4 is 46.2 Å². The molecule has 13 nitrogen and oxygen atoms in total. The summed E-state index contributed by atoms with van der Waals surface area (Å²) in [7, 11) is 1.47. The first-order valence-electron chi connectivity index (χ1n) is 15.3. The summed E-state index contributed by atoms with van der Waals surface area (Å²) < 4.78 is 60.2. The first-order valence-corrected chi connectivity index (χ1v) is 15.7. The number of carbonyl (C=O) groups excluding carboxylic acids is 3. The van der Waals surface area contributed by atoms with Gasteiger partial charge in [0.1, 0.15) is 34.5 Å². The molecule has 0 bridgehead atoms. The van der Waals surface area contributed by atoms with Crippen LogP contribution in [0.3, 0.4) is 0 Å². The quantitative estimate of drug-likeness (QED) is 0.259. The summed E-state index contributed by atoms with van der Waals surface area (Å²) in [6.07, 6.45) is -2.94. The highest BCUT2D eigenvalue weighted by Crippen LogP contribution is 2.41. The third-order valence-corrected chi connectivity index (χ3v) is 7.93. The van der Waals surface area contributed by atoms with Crippen molar-refractivity contribution in [3.8, 4) is 17.2 Å². The van der Waals surface area contributed by atoms with Crippen LogP contribution in [0.1, 0.15) is 44.1 Å². The van der Waals surface area contributed by atoms with Gasteiger partial charge in [-0.15, -0.1) is 0 Å². The lowest BCUT2D eigenvalue weighted by Crippen LogP contribution is -2.41. The molecule has 0 atom stereocenters. The second-order valence-corrected chi connectivity index (χ2v) is 12.7. The number of fused-ring (bicyclic) bond motifs is 2. The third-order valence-electron chi connectivity index (χ3n) is 7.73. The molecule has 0 radical (unpaired) electrons. The molecule has 3 aromatic rings. The number of amides is 2. The van der Waals surface area contributed by atoms with Crippen molar-refractivity contribution in [1.82, 2.24) is 25.0 Å². The van der Waals surface area contributed by atoms with Gasteiger partial charge in [-0.05, 0) is 46.7 Å². The van der Waals surface area contributed by atoms with Crippen LogP contribution in [0.4, 0.5) is 23.7 Å². The van der Waals surface area contributed by atoms with Gasteiger partial charge in [0.15, 0.2) is 12.3 Å². The van der Waals surface area contributed by atoms with Crippen molar-refractivity contribution in [3.63, 3.8) is 0 Å². The van der Waals surface area contributed by atoms with E-state index in [-0.39, 0.29) is 30.5 Å². The van der Waals surface area contributed by atoms with Gasteiger partial charge in [0.25, 0.3) is 5.91 Å². The zero-order valence-corrected chi connectivity index (χ0v) is 27.6. The highest BCUT2D eigenvalue weighted by atomic mass is 35.5. The average Bonchev–Trinajstić information content (AvgIpc) is 3.40. The van der Waals surface area contributed by atoms with E-state index in [2.05, 4.69) is 20.1 Å². The Morgan fingerprint density at radius 2 is 1.81 bits per heavy atom. The predicted molar refractivity (Wildman–Crippen MR) is 168 cm³/mol. The lowest BCUT2D eigenvalue weighted by atomic mass is 9.97. The molecule has 5 rings (SSSR count). The molecule has 2 amide bonds. The molecule has 2 aromatic heterocycles. The van der Waals surface area contributed by atoms with Crippen molar-refractivity contribution in [3.05, 3.63) is 35.2 Å². The Morgan fingerprint density at radius 3 is 2.48 bits per heavy atom. The maximum absolute atomic E-state index is 13.4. The van der Waals surface area contributed by atoms with Gasteiger partial charge >= 0.3 is 18.2 Å². The van der Waals surface area contributed by atoms with Crippen LogP contribution in [-0.2, 0) is 14.3 Å². The molecule has 2 aliphatic heterocycles. The van der Waals surface area contributed by atoms with E-state index in [0.717, 1.165) is 0 Å². The number of pyridine rings is 1. The maximum Gasteiger partial charge on any atom is 0.422 e. The molecule has 1 aromatic carbocycles. The Morgan fingerprint density at radius 1 is 1.08 bits per heavy atom. The van der Waals surface area contributed by atoms with Gasteiger partial charge in [-0.25, -0.2) is 14.5 Å². The van der Waals surface area contributed by atoms with Gasteiger partial charge in [-0.3, -0.25) is 14.5 Å². The van der Waals surface area contributed by atoms with Crippen LogP contribution >= 0.6 is 11.6 Å². The number of carbonyl (C=O) groups is 3. The fraction of sp³-hybridized carbons (Fsp3) is 0.516. The molecule has 17 heteroatoms. The Labute approximate surface area is 279 Å². The van der Waals surface area contributed by atoms with Crippen LogP contribution in [0, 0.1) is 5.92 Å². The molecule has 0 saturated carbocycles. The van der Waals surface area contributed by atoms with E-state index in [1.165, 1.54) is 22.9 Å². The van der Waals surface area contributed by atoms with E-state index in [1.54, 1.807) is 39.0 Å². The number of ether oxygens (including phenoxy) is 4. The topological polar surface area (TPSA) is 137 Å². The van der Waals surface area contributed by atoms with E-state index in [1.807, 2.05) is 4.90 Å². The van der Waals surface area contributed by atoms with Crippen molar-refractivity contribution in [2.75, 3.05) is 57.9 Å². The summed E-state index contributed by atoms with van der Waals surface area (Å²) in [6, 6.07) is 4.87. The molecular formula is C31H36ClF3N6O7. The number of aromatic nitrogens is 3. The molecule has 260 valence electrons. The first-order chi connectivity index (χ1) is 22.6. The van der Waals surface area contributed by atoms with E-state index >= 15 is 0 Å². The number of esters is 1. The van der Waals surface area contributed by atoms with Crippen LogP contribution in [-0.4, -0.2) is 102 Å². The average molecular weight is 697 g/mol. The minimum atomic E-state index is -4.57. The number of methoxy groups -OCH3 is 1. The summed E-state index contributed by atoms with van der Waals surface area (Å²) in [6.45, 7) is 5.87. The number of likely N-dealkylation sites (tertiary alicyclic amines) is 1. The van der Waals surface area contributed by atoms with Gasteiger partial charge in [-0.1, -0.05) is 11.6 Å². The fourth-order valence-electron chi connectivity index (χ4n) is 5.48. The van der Waals surface area contributed by atoms with Gasteiger partial charge in [0.05, 0.1) is 36.2 Å². The summed E-state index contributed by atoms with van der Waals surface area (Å²) >= 11 is 6.25. The standard InChI is InChI=1S/C31H36ClF3N6O7/c1-30(2,3)48-29(44)40-11-12-46-24-14-22(23(45-4)13-21(24)40)41-20-15-25(32)37-16-19(20)26(38-41)27(42)36-7-10-39-8-5-18(6-9-39)28(43)47-17-31(33,34)35/h13-16,18H,5-12,17H2,1-4H3,(H,36,42). The van der Waals surface area contributed by atoms with Crippen LogP contribution < -0.4 is 19.7 Å². The van der Waals surface area contributed by atoms with E-state index < -0.39 is 42.3 Å². The van der Waals surface area contributed by atoms with Crippen LogP contribution in [0.2, 0.25) is 5.15 Å². The molecule has 0 aliphatic carbocycles. The molecule has 0 spiro atoms. The number of nitrogens with zero attached hydrogens (tertiary/aromatic N) is 5. The maximum atomic E-state index is 13.4. The Hall–Kier alpha value is -4.31. The first kappa shape index (κ1) is 35.0. The number of alkyl halides is 3. The number of halogens is 4. The number of rotatable bonds is 8. The molecule has 1 saturated heterocycles. The number of hydrogen-bond donors (Lipinski definition) is 1. The van der Waals surface area contributed by atoms with Crippen molar-refractivity contribution in [2.45, 2.75) is 45.4 Å². The third kappa shape index (κ3) is 8.21. The zero-order chi connectivity index (χ0) is 34.8. The minimum absolute atomic E-state index is 0.0800. The molecule has 1 fully saturated rings. The number of nitrogens with one attached hydrogen (secondary N) is 1. The van der Waals surface area contributed by atoms with Gasteiger partial charge in [-0.2, -0.15) is 18.3 Å². The van der Waals surface area contributed by atoms with E-state index in [0.29, 0.717) is 66.3 Å². The predicted octanol–water partition coefficient (Wildman–Crippen LogP) is 4.76. The van der Waals surface area contributed by atoms with Crippen molar-refractivity contribution in [2.24, 2.45) is 5.92 Å². The van der Waals surface area contributed by atoms with Crippen molar-refractivity contribution < 1.29 is 46.5 Å². The number of piperidine rings is 1. The summed E-state index contributed by atoms with van der Waals surface area (Å²) in [4.78, 5) is 46.0. The zero-order valence-electron chi connectivity index (χ0n) is 26.9. The molecule has 48 heavy (non-hydrogen) atoms. The Kier molecular flexibility index (Phi) is 10.2. The minimum Gasteiger partial charge on any atom is -0.494 e. The SMILES string of the molecule is COc1cc2c(cc1-n1nc(C(=O)NCCN3CCC(C(=O)OCC(F)(F)F)CC3)c3cnc(Cl)cc31)OCCN2C(=O)OC(C)(C)C. The largest absolute Gasteiger partial charge is 0.494 e. The Balaban J connectivity index is 1.31. The molecular weight excluding hydrogens is 661 g/mol. The van der Waals surface area contributed by atoms with Gasteiger partial charge in [0, 0.05) is 37.5 Å². The van der Waals surface area contributed by atoms with Crippen LogP contribution in [0.5, 0.6) is 11.5 Å². The second-order valence-electron chi connectivity index (χ2n) is 12.4. The monoisotopic (exact) mass is 696 g/mol. The highest BCUT2D eigenvalue weighted by Gasteiger charge is 2.33. The number of hydrogen-bond acceptors (Lipinski definition) is 10. The summed E-state index contributed by atoms with van der Waals surface area (Å²) in [5.41, 5.74) is 0.721. The molecule has 4 heterocycles. The lowest BCUT2D eigenvalue weighted by molar-refractivity contribution is -0.190. The van der Waals surface area contributed by atoms with Gasteiger partial charge in [0.2, 0.25) is 0 Å². The second kappa shape index (κ2) is 14.0. The van der Waals surface area contributed by atoms with E-state index in [9.17, 15) is 27.6 Å². The molecule has 0 unspecified atom stereocenters. The molecule has 1 N–H and O–H groups in total. The molecule has 2 aliphatic rings. The fourth-order valence-corrected chi connectivity index (χ4v) is 5.63. The number of benzene rings is 1. The Bertz CT molecular complexity index is 1690. The van der Waals surface area contributed by atoms with E-state index in [4.69, 9.17) is 25.8 Å². The van der Waals surface area contributed by atoms with Crippen LogP contribution in [0.15, 0.2) is 24.4 Å². The van der Waals surface area contributed by atoms with Crippen molar-refractivity contribution in [1.29, 1.82) is 0 Å². The summed E-state index contributed by atoms with van der Waals surface area (Å²) in [5.74, 6) is -1.20. The summed E-state index contributed by atoms with van der Waals surface area (Å²) in [5, 5.41) is 8.06.